The summed E-state index contributed by atoms with van der Waals surface area (Å²) in [4.78, 5) is 9.76. The highest BCUT2D eigenvalue weighted by Gasteiger charge is 2.20. The van der Waals surface area contributed by atoms with Gasteiger partial charge in [-0.05, 0) is 45.3 Å². The Morgan fingerprint density at radius 2 is 2.04 bits per heavy atom. The van der Waals surface area contributed by atoms with Crippen LogP contribution in [0.3, 0.4) is 0 Å². The number of benzene rings is 1. The van der Waals surface area contributed by atoms with Gasteiger partial charge in [-0.15, -0.1) is 0 Å². The molecule has 0 spiro atoms. The number of carbonyl (C=O) groups is 1. The molecule has 7 heteroatoms. The van der Waals surface area contributed by atoms with Gasteiger partial charge in [0.15, 0.2) is 0 Å². The molecule has 2 N–H and O–H groups in total. The van der Waals surface area contributed by atoms with E-state index in [0.29, 0.717) is 25.7 Å². The first-order valence-corrected chi connectivity index (χ1v) is 9.13. The molecule has 0 saturated carbocycles. The first-order chi connectivity index (χ1) is 13.2. The van der Waals surface area contributed by atoms with Crippen molar-refractivity contribution in [2.24, 2.45) is 0 Å². The number of aryl methyl sites for hydroxylation is 1. The summed E-state index contributed by atoms with van der Waals surface area (Å²) >= 11 is 0. The van der Waals surface area contributed by atoms with Crippen LogP contribution >= 0.6 is 0 Å². The number of aromatic nitrogens is 2. The minimum Gasteiger partial charge on any atom is -0.463 e. The lowest BCUT2D eigenvalue weighted by molar-refractivity contribution is -0.129. The Labute approximate surface area is 160 Å². The third-order valence-electron chi connectivity index (χ3n) is 4.48. The van der Waals surface area contributed by atoms with Crippen molar-refractivity contribution < 1.29 is 9.53 Å². The number of hydrogen-bond acceptors (Lipinski definition) is 6. The van der Waals surface area contributed by atoms with Crippen molar-refractivity contribution in [1.82, 2.24) is 15.1 Å². The van der Waals surface area contributed by atoms with E-state index < -0.39 is 0 Å². The molecule has 2 heterocycles. The Balaban J connectivity index is 0.000000223. The topological polar surface area (TPSA) is 92.0 Å². The monoisotopic (exact) mass is 369 g/mol. The largest absolute Gasteiger partial charge is 0.463 e. The van der Waals surface area contributed by atoms with Crippen molar-refractivity contribution >= 4 is 12.2 Å². The van der Waals surface area contributed by atoms with Crippen LogP contribution in [0.2, 0.25) is 0 Å². The van der Waals surface area contributed by atoms with Crippen LogP contribution in [0.15, 0.2) is 30.3 Å². The fourth-order valence-electron chi connectivity index (χ4n) is 3.16. The lowest BCUT2D eigenvalue weighted by Gasteiger charge is -2.24. The van der Waals surface area contributed by atoms with Gasteiger partial charge in [0, 0.05) is 0 Å². The van der Waals surface area contributed by atoms with Crippen LogP contribution in [-0.2, 0) is 16.1 Å². The molecule has 7 nitrogen and oxygen atoms in total. The predicted octanol–water partition coefficient (Wildman–Crippen LogP) is 2.72. The number of rotatable bonds is 6. The quantitative estimate of drug-likeness (QED) is 0.601. The first kappa shape index (κ1) is 20.5. The highest BCUT2D eigenvalue weighted by atomic mass is 16.5. The maximum Gasteiger partial charge on any atom is 0.293 e. The molecule has 1 fully saturated rings. The molecule has 0 amide bonds. The molecule has 27 heavy (non-hydrogen) atoms. The van der Waals surface area contributed by atoms with Crippen molar-refractivity contribution in [2.75, 3.05) is 25.0 Å². The minimum atomic E-state index is 0.333. The molecule has 144 valence electrons. The van der Waals surface area contributed by atoms with E-state index in [-0.39, 0.29) is 0 Å². The van der Waals surface area contributed by atoms with E-state index in [1.54, 1.807) is 0 Å². The van der Waals surface area contributed by atoms with Crippen molar-refractivity contribution in [3.63, 3.8) is 0 Å². The van der Waals surface area contributed by atoms with Crippen LogP contribution in [-0.4, -0.2) is 35.9 Å². The lowest BCUT2D eigenvalue weighted by Crippen LogP contribution is -2.30. The van der Waals surface area contributed by atoms with E-state index in [9.17, 15) is 4.79 Å². The van der Waals surface area contributed by atoms with Gasteiger partial charge in [-0.25, -0.2) is 0 Å². The molecule has 2 aromatic rings. The predicted molar refractivity (Wildman–Crippen MR) is 104 cm³/mol. The number of nitrogens with one attached hydrogen (secondary N) is 2. The van der Waals surface area contributed by atoms with Crippen LogP contribution in [0.1, 0.15) is 35.8 Å². The highest BCUT2D eigenvalue weighted by Crippen LogP contribution is 2.26. The van der Waals surface area contributed by atoms with Crippen LogP contribution in [0.5, 0.6) is 0 Å². The maximum atomic E-state index is 9.76. The molecule has 1 aromatic carbocycles. The van der Waals surface area contributed by atoms with E-state index in [4.69, 9.17) is 5.26 Å². The number of nitriles is 1. The summed E-state index contributed by atoms with van der Waals surface area (Å²) in [5, 5.41) is 19.7. The zero-order valence-electron chi connectivity index (χ0n) is 15.9. The summed E-state index contributed by atoms with van der Waals surface area (Å²) in [6.07, 6.45) is 2.25. The SMILES string of the molecule is Cc1nn(C2CCNCC2)c(C)c1NCC#N.O=COCc1ccccc1. The van der Waals surface area contributed by atoms with E-state index >= 15 is 0 Å². The average Bonchev–Trinajstić information content (AvgIpc) is 3.00. The molecule has 1 aliphatic rings. The number of nitrogens with zero attached hydrogens (tertiary/aromatic N) is 3. The van der Waals surface area contributed by atoms with Crippen molar-refractivity contribution in [3.8, 4) is 6.07 Å². The third kappa shape index (κ3) is 6.12. The molecule has 3 rings (SSSR count). The maximum absolute atomic E-state index is 9.76. The average molecular weight is 369 g/mol. The van der Waals surface area contributed by atoms with Crippen LogP contribution in [0.4, 0.5) is 5.69 Å². The zero-order chi connectivity index (χ0) is 19.5. The smallest absolute Gasteiger partial charge is 0.293 e. The van der Waals surface area contributed by atoms with Crippen LogP contribution in [0.25, 0.3) is 0 Å². The van der Waals surface area contributed by atoms with Crippen molar-refractivity contribution in [2.45, 2.75) is 39.3 Å². The van der Waals surface area contributed by atoms with E-state index in [0.717, 1.165) is 48.6 Å². The minimum absolute atomic E-state index is 0.333. The van der Waals surface area contributed by atoms with Gasteiger partial charge < -0.3 is 15.4 Å². The molecule has 0 atom stereocenters. The van der Waals surface area contributed by atoms with Crippen molar-refractivity contribution in [1.29, 1.82) is 5.26 Å². The Kier molecular flexibility index (Phi) is 8.33. The van der Waals surface area contributed by atoms with E-state index in [1.165, 1.54) is 0 Å². The molecule has 1 aliphatic heterocycles. The highest BCUT2D eigenvalue weighted by molar-refractivity contribution is 5.52. The normalized spacial score (nSPS) is 13.8. The van der Waals surface area contributed by atoms with Gasteiger partial charge in [0.2, 0.25) is 0 Å². The van der Waals surface area contributed by atoms with E-state index in [2.05, 4.69) is 38.1 Å². The first-order valence-electron chi connectivity index (χ1n) is 9.13. The van der Waals surface area contributed by atoms with Gasteiger partial charge in [-0.2, -0.15) is 10.4 Å². The second kappa shape index (κ2) is 11.0. The Morgan fingerprint density at radius 1 is 1.33 bits per heavy atom. The molecule has 0 bridgehead atoms. The number of piperidine rings is 1. The summed E-state index contributed by atoms with van der Waals surface area (Å²) < 4.78 is 6.66. The number of anilines is 1. The standard InChI is InChI=1S/C12H19N5.C8H8O2/c1-9-12(15-8-5-13)10(2)17(16-9)11-3-6-14-7-4-11;9-7-10-6-8-4-2-1-3-5-8/h11,14-15H,3-4,6-8H2,1-2H3;1-5,7H,6H2. The summed E-state index contributed by atoms with van der Waals surface area (Å²) in [6, 6.07) is 12.1. The fraction of sp³-hybridized carbons (Fsp3) is 0.450. The Hall–Kier alpha value is -2.85. The Bertz CT molecular complexity index is 746. The number of hydrogen-bond donors (Lipinski definition) is 2. The van der Waals surface area contributed by atoms with Gasteiger partial charge >= 0.3 is 0 Å². The summed E-state index contributed by atoms with van der Waals surface area (Å²) in [5.74, 6) is 0. The summed E-state index contributed by atoms with van der Waals surface area (Å²) in [6.45, 7) is 7.33. The molecular formula is C20H27N5O2. The second-order valence-corrected chi connectivity index (χ2v) is 6.38. The van der Waals surface area contributed by atoms with Crippen LogP contribution < -0.4 is 10.6 Å². The van der Waals surface area contributed by atoms with Gasteiger partial charge in [-0.1, -0.05) is 30.3 Å². The summed E-state index contributed by atoms with van der Waals surface area (Å²) in [7, 11) is 0. The van der Waals surface area contributed by atoms with Gasteiger partial charge in [0.1, 0.15) is 13.2 Å². The Morgan fingerprint density at radius 3 is 2.67 bits per heavy atom. The fourth-order valence-corrected chi connectivity index (χ4v) is 3.16. The van der Waals surface area contributed by atoms with E-state index in [1.807, 2.05) is 37.3 Å². The van der Waals surface area contributed by atoms with Gasteiger partial charge in [-0.3, -0.25) is 9.48 Å². The van der Waals surface area contributed by atoms with Crippen LogP contribution in [0, 0.1) is 25.2 Å². The van der Waals surface area contributed by atoms with Crippen molar-refractivity contribution in [3.05, 3.63) is 47.3 Å². The molecule has 0 unspecified atom stereocenters. The van der Waals surface area contributed by atoms with Gasteiger partial charge in [0.25, 0.3) is 6.47 Å². The second-order valence-electron chi connectivity index (χ2n) is 6.38. The molecule has 1 aromatic heterocycles. The number of ether oxygens (including phenoxy) is 1. The molecule has 0 radical (unpaired) electrons. The van der Waals surface area contributed by atoms with Gasteiger partial charge in [0.05, 0.1) is 29.2 Å². The zero-order valence-corrected chi connectivity index (χ0v) is 15.9. The molecule has 1 saturated heterocycles. The lowest BCUT2D eigenvalue weighted by atomic mass is 10.1. The summed E-state index contributed by atoms with van der Waals surface area (Å²) in [5.41, 5.74) is 4.15. The molecular weight excluding hydrogens is 342 g/mol. The molecule has 0 aliphatic carbocycles. The third-order valence-corrected chi connectivity index (χ3v) is 4.48. The number of carbonyl (C=O) groups excluding carboxylic acids is 1.